The standard InChI is InChI=1S/C23H49O3P/c1-4-7-8-9-10-11-12-13-14-15-16-17-18-19-20-21-22-27(24)23(25-5-2)26-6-3/h23,27H,4-22H2,1-3H3. The Bertz CT molecular complexity index is 304. The molecule has 0 fully saturated rings. The van der Waals surface area contributed by atoms with Crippen LogP contribution in [0, 0.1) is 0 Å². The van der Waals surface area contributed by atoms with E-state index in [1.165, 1.54) is 96.3 Å². The lowest BCUT2D eigenvalue weighted by Crippen LogP contribution is -2.13. The second-order valence-corrected chi connectivity index (χ2v) is 9.67. The zero-order valence-electron chi connectivity index (χ0n) is 18.7. The minimum absolute atomic E-state index is 0.457. The lowest BCUT2D eigenvalue weighted by molar-refractivity contribution is -0.0796. The van der Waals surface area contributed by atoms with Crippen molar-refractivity contribution in [1.82, 2.24) is 0 Å². The average Bonchev–Trinajstić information content (AvgIpc) is 2.67. The van der Waals surface area contributed by atoms with E-state index in [0.29, 0.717) is 13.2 Å². The SMILES string of the molecule is CCCCCCCCCCCCCCCCCC[PH](=O)C(OCC)OCC. The van der Waals surface area contributed by atoms with Crippen molar-refractivity contribution in [1.29, 1.82) is 0 Å². The van der Waals surface area contributed by atoms with Crippen molar-refractivity contribution in [2.24, 2.45) is 0 Å². The molecule has 1 atom stereocenters. The zero-order valence-corrected chi connectivity index (χ0v) is 19.7. The molecule has 0 saturated carbocycles. The Morgan fingerprint density at radius 2 is 0.889 bits per heavy atom. The number of ether oxygens (including phenoxy) is 2. The van der Waals surface area contributed by atoms with Crippen LogP contribution in [-0.4, -0.2) is 25.4 Å². The quantitative estimate of drug-likeness (QED) is 0.104. The van der Waals surface area contributed by atoms with Crippen molar-refractivity contribution >= 4 is 7.80 Å². The van der Waals surface area contributed by atoms with E-state index in [-0.39, 0.29) is 0 Å². The summed E-state index contributed by atoms with van der Waals surface area (Å²) < 4.78 is 23.1. The van der Waals surface area contributed by atoms with Gasteiger partial charge in [0.05, 0.1) is 0 Å². The molecule has 0 N–H and O–H groups in total. The zero-order chi connectivity index (χ0) is 20.0. The molecule has 0 saturated heterocycles. The van der Waals surface area contributed by atoms with Gasteiger partial charge in [-0.1, -0.05) is 103 Å². The van der Waals surface area contributed by atoms with Crippen LogP contribution in [0.2, 0.25) is 0 Å². The van der Waals surface area contributed by atoms with Crippen molar-refractivity contribution in [3.63, 3.8) is 0 Å². The molecule has 0 aromatic rings. The fourth-order valence-electron chi connectivity index (χ4n) is 3.50. The van der Waals surface area contributed by atoms with Crippen LogP contribution in [0.3, 0.4) is 0 Å². The van der Waals surface area contributed by atoms with Gasteiger partial charge in [-0.05, 0) is 20.3 Å². The first-order valence-electron chi connectivity index (χ1n) is 12.0. The Kier molecular flexibility index (Phi) is 22.6. The van der Waals surface area contributed by atoms with Gasteiger partial charge >= 0.3 is 0 Å². The van der Waals surface area contributed by atoms with Crippen LogP contribution in [0.1, 0.15) is 124 Å². The first kappa shape index (κ1) is 27.1. The molecule has 0 spiro atoms. The molecular weight excluding hydrogens is 355 g/mol. The maximum absolute atomic E-state index is 12.2. The monoisotopic (exact) mass is 404 g/mol. The third-order valence-electron chi connectivity index (χ3n) is 5.18. The van der Waals surface area contributed by atoms with Gasteiger partial charge in [0, 0.05) is 19.4 Å². The predicted molar refractivity (Wildman–Crippen MR) is 120 cm³/mol. The lowest BCUT2D eigenvalue weighted by Gasteiger charge is -2.16. The van der Waals surface area contributed by atoms with E-state index in [1.807, 2.05) is 13.8 Å². The van der Waals surface area contributed by atoms with Gasteiger partial charge in [-0.2, -0.15) is 0 Å². The molecule has 27 heavy (non-hydrogen) atoms. The Morgan fingerprint density at radius 1 is 0.556 bits per heavy atom. The molecule has 0 aromatic carbocycles. The molecule has 0 aromatic heterocycles. The third-order valence-corrected chi connectivity index (χ3v) is 6.88. The average molecular weight is 405 g/mol. The highest BCUT2D eigenvalue weighted by Crippen LogP contribution is 2.31. The highest BCUT2D eigenvalue weighted by Gasteiger charge is 2.15. The second kappa shape index (κ2) is 22.4. The highest BCUT2D eigenvalue weighted by molar-refractivity contribution is 7.45. The summed E-state index contributed by atoms with van der Waals surface area (Å²) in [5.74, 6) is 0. The molecule has 1 unspecified atom stereocenters. The Hall–Kier alpha value is 0.150. The Balaban J connectivity index is 3.27. The molecule has 0 radical (unpaired) electrons. The second-order valence-electron chi connectivity index (χ2n) is 7.76. The summed E-state index contributed by atoms with van der Waals surface area (Å²) in [6.07, 6.45) is 22.6. The van der Waals surface area contributed by atoms with E-state index in [2.05, 4.69) is 6.92 Å². The van der Waals surface area contributed by atoms with Crippen LogP contribution in [0.4, 0.5) is 0 Å². The third kappa shape index (κ3) is 19.2. The highest BCUT2D eigenvalue weighted by atomic mass is 31.1. The molecule has 0 aliphatic rings. The van der Waals surface area contributed by atoms with Crippen LogP contribution in [0.15, 0.2) is 0 Å². The summed E-state index contributed by atoms with van der Waals surface area (Å²) in [4.78, 5) is 0. The number of hydrogen-bond donors (Lipinski definition) is 0. The maximum Gasteiger partial charge on any atom is 0.208 e. The fourth-order valence-corrected chi connectivity index (χ4v) is 5.04. The summed E-state index contributed by atoms with van der Waals surface area (Å²) >= 11 is 0. The van der Waals surface area contributed by atoms with E-state index in [4.69, 9.17) is 9.47 Å². The van der Waals surface area contributed by atoms with Gasteiger partial charge < -0.3 is 14.0 Å². The van der Waals surface area contributed by atoms with Gasteiger partial charge in [0.2, 0.25) is 6.03 Å². The molecular formula is C23H49O3P. The van der Waals surface area contributed by atoms with Crippen molar-refractivity contribution in [3.05, 3.63) is 0 Å². The summed E-state index contributed by atoms with van der Waals surface area (Å²) in [7, 11) is -1.77. The molecule has 0 amide bonds. The van der Waals surface area contributed by atoms with Gasteiger partial charge in [-0.25, -0.2) is 0 Å². The normalized spacial score (nSPS) is 12.7. The molecule has 0 aliphatic carbocycles. The first-order chi connectivity index (χ1) is 13.3. The molecule has 164 valence electrons. The van der Waals surface area contributed by atoms with Crippen molar-refractivity contribution in [2.75, 3.05) is 19.4 Å². The summed E-state index contributed by atoms with van der Waals surface area (Å²) in [6.45, 7) is 7.27. The molecule has 4 heteroatoms. The smallest absolute Gasteiger partial charge is 0.208 e. The number of rotatable bonds is 22. The van der Waals surface area contributed by atoms with Crippen LogP contribution in [-0.2, 0) is 14.0 Å². The van der Waals surface area contributed by atoms with Gasteiger partial charge in [0.25, 0.3) is 0 Å². The molecule has 0 bridgehead atoms. The minimum atomic E-state index is -1.77. The Labute approximate surface area is 171 Å². The van der Waals surface area contributed by atoms with E-state index >= 15 is 0 Å². The van der Waals surface area contributed by atoms with Gasteiger partial charge in [0.15, 0.2) is 0 Å². The predicted octanol–water partition coefficient (Wildman–Crippen LogP) is 8.16. The van der Waals surface area contributed by atoms with Crippen molar-refractivity contribution in [3.8, 4) is 0 Å². The van der Waals surface area contributed by atoms with Gasteiger partial charge in [-0.3, -0.25) is 0 Å². The first-order valence-corrected chi connectivity index (χ1v) is 13.7. The lowest BCUT2D eigenvalue weighted by atomic mass is 10.0. The van der Waals surface area contributed by atoms with Crippen LogP contribution < -0.4 is 0 Å². The van der Waals surface area contributed by atoms with E-state index in [1.54, 1.807) is 0 Å². The van der Waals surface area contributed by atoms with Crippen molar-refractivity contribution in [2.45, 2.75) is 130 Å². The number of hydrogen-bond acceptors (Lipinski definition) is 3. The summed E-state index contributed by atoms with van der Waals surface area (Å²) in [5, 5.41) is 0. The molecule has 0 aliphatic heterocycles. The minimum Gasteiger partial charge on any atom is -0.347 e. The molecule has 0 heterocycles. The van der Waals surface area contributed by atoms with E-state index in [0.717, 1.165) is 12.6 Å². The van der Waals surface area contributed by atoms with E-state index in [9.17, 15) is 4.57 Å². The summed E-state index contributed by atoms with van der Waals surface area (Å²) in [6, 6.07) is -0.457. The molecule has 0 rings (SSSR count). The molecule has 3 nitrogen and oxygen atoms in total. The van der Waals surface area contributed by atoms with Crippen molar-refractivity contribution < 1.29 is 14.0 Å². The van der Waals surface area contributed by atoms with E-state index < -0.39 is 13.8 Å². The van der Waals surface area contributed by atoms with Crippen LogP contribution >= 0.6 is 7.80 Å². The fraction of sp³-hybridized carbons (Fsp3) is 1.00. The van der Waals surface area contributed by atoms with Gasteiger partial charge in [-0.15, -0.1) is 0 Å². The summed E-state index contributed by atoms with van der Waals surface area (Å²) in [5.41, 5.74) is 0. The van der Waals surface area contributed by atoms with Crippen LogP contribution in [0.5, 0.6) is 0 Å². The van der Waals surface area contributed by atoms with Crippen LogP contribution in [0.25, 0.3) is 0 Å². The topological polar surface area (TPSA) is 35.5 Å². The number of unbranched alkanes of at least 4 members (excludes halogenated alkanes) is 15. The van der Waals surface area contributed by atoms with Gasteiger partial charge in [0.1, 0.15) is 7.80 Å². The largest absolute Gasteiger partial charge is 0.347 e. The maximum atomic E-state index is 12.2. The Morgan fingerprint density at radius 3 is 1.22 bits per heavy atom.